The molecule has 2 heterocycles. The fourth-order valence-electron chi connectivity index (χ4n) is 3.72. The Hall–Kier alpha value is -2.01. The van der Waals surface area contributed by atoms with Gasteiger partial charge in [-0.3, -0.25) is 14.3 Å². The van der Waals surface area contributed by atoms with E-state index in [1.165, 1.54) is 14.0 Å². The maximum absolute atomic E-state index is 13.1. The Morgan fingerprint density at radius 3 is 2.45 bits per heavy atom. The molecular formula is C21H36N4O6. The molecule has 1 fully saturated rings. The van der Waals surface area contributed by atoms with E-state index in [0.29, 0.717) is 50.3 Å². The molecule has 31 heavy (non-hydrogen) atoms. The predicted molar refractivity (Wildman–Crippen MR) is 114 cm³/mol. The summed E-state index contributed by atoms with van der Waals surface area (Å²) in [5.41, 5.74) is 1.26. The zero-order valence-electron chi connectivity index (χ0n) is 19.0. The molecule has 1 aliphatic rings. The molecule has 2 rings (SSSR count). The van der Waals surface area contributed by atoms with Crippen molar-refractivity contribution in [3.63, 3.8) is 0 Å². The smallest absolute Gasteiger partial charge is 0.257 e. The number of hydrogen-bond donors (Lipinski definition) is 2. The van der Waals surface area contributed by atoms with Gasteiger partial charge in [0.25, 0.3) is 5.91 Å². The lowest BCUT2D eigenvalue weighted by atomic mass is 10.1. The minimum Gasteiger partial charge on any atom is -0.388 e. The second kappa shape index (κ2) is 12.1. The molecule has 0 spiro atoms. The van der Waals surface area contributed by atoms with E-state index in [4.69, 9.17) is 9.47 Å². The molecule has 0 unspecified atom stereocenters. The van der Waals surface area contributed by atoms with Crippen LogP contribution in [0.3, 0.4) is 0 Å². The van der Waals surface area contributed by atoms with Crippen LogP contribution in [-0.4, -0.2) is 106 Å². The SMILES string of the molecule is CO[C@H]1CN(C(C)=O)CCCN(C(=O)c2cn(C)nc2C)CCCCOC[C@H](O)[C@@H]1O. The Balaban J connectivity index is 2.15. The molecule has 3 atom stereocenters. The van der Waals surface area contributed by atoms with Crippen LogP contribution in [0.15, 0.2) is 6.20 Å². The lowest BCUT2D eigenvalue weighted by Gasteiger charge is -2.31. The molecule has 1 saturated heterocycles. The molecule has 1 aromatic heterocycles. The highest BCUT2D eigenvalue weighted by atomic mass is 16.5. The molecule has 2 N–H and O–H groups in total. The monoisotopic (exact) mass is 440 g/mol. The van der Waals surface area contributed by atoms with E-state index in [1.54, 1.807) is 27.7 Å². The van der Waals surface area contributed by atoms with Crippen LogP contribution < -0.4 is 0 Å². The van der Waals surface area contributed by atoms with Gasteiger partial charge in [0.2, 0.25) is 5.91 Å². The summed E-state index contributed by atoms with van der Waals surface area (Å²) in [5, 5.41) is 24.9. The first kappa shape index (κ1) is 25.3. The number of nitrogens with zero attached hydrogens (tertiary/aromatic N) is 4. The van der Waals surface area contributed by atoms with Gasteiger partial charge in [-0.15, -0.1) is 0 Å². The number of amides is 2. The van der Waals surface area contributed by atoms with Gasteiger partial charge in [0.05, 0.1) is 17.9 Å². The minimum absolute atomic E-state index is 0.0291. The average Bonchev–Trinajstić information content (AvgIpc) is 3.07. The Kier molecular flexibility index (Phi) is 9.89. The Labute approximate surface area is 183 Å². The van der Waals surface area contributed by atoms with Gasteiger partial charge in [0.15, 0.2) is 0 Å². The zero-order chi connectivity index (χ0) is 23.0. The summed E-state index contributed by atoms with van der Waals surface area (Å²) in [6.45, 7) is 5.24. The average molecular weight is 441 g/mol. The number of hydrogen-bond acceptors (Lipinski definition) is 7. The molecular weight excluding hydrogens is 404 g/mol. The third-order valence-electron chi connectivity index (χ3n) is 5.57. The highest BCUT2D eigenvalue weighted by Gasteiger charge is 2.29. The highest BCUT2D eigenvalue weighted by Crippen LogP contribution is 2.13. The number of aliphatic hydroxyl groups excluding tert-OH is 2. The van der Waals surface area contributed by atoms with Crippen molar-refractivity contribution in [1.29, 1.82) is 0 Å². The van der Waals surface area contributed by atoms with Gasteiger partial charge in [-0.1, -0.05) is 0 Å². The highest BCUT2D eigenvalue weighted by molar-refractivity contribution is 5.95. The van der Waals surface area contributed by atoms with Gasteiger partial charge in [-0.25, -0.2) is 0 Å². The quantitative estimate of drug-likeness (QED) is 0.662. The Morgan fingerprint density at radius 2 is 1.84 bits per heavy atom. The number of aromatic nitrogens is 2. The van der Waals surface area contributed by atoms with E-state index in [-0.39, 0.29) is 25.0 Å². The maximum Gasteiger partial charge on any atom is 0.257 e. The van der Waals surface area contributed by atoms with Crippen molar-refractivity contribution in [2.24, 2.45) is 7.05 Å². The van der Waals surface area contributed by atoms with Crippen molar-refractivity contribution < 1.29 is 29.3 Å². The van der Waals surface area contributed by atoms with Crippen LogP contribution in [-0.2, 0) is 21.3 Å². The number of rotatable bonds is 2. The second-order valence-corrected chi connectivity index (χ2v) is 8.03. The first-order chi connectivity index (χ1) is 14.7. The summed E-state index contributed by atoms with van der Waals surface area (Å²) < 4.78 is 12.5. The summed E-state index contributed by atoms with van der Waals surface area (Å²) in [6.07, 6.45) is 0.718. The van der Waals surface area contributed by atoms with Crippen molar-refractivity contribution in [1.82, 2.24) is 19.6 Å². The van der Waals surface area contributed by atoms with E-state index in [0.717, 1.165) is 6.42 Å². The maximum atomic E-state index is 13.1. The molecule has 10 heteroatoms. The first-order valence-electron chi connectivity index (χ1n) is 10.8. The van der Waals surface area contributed by atoms with Crippen LogP contribution in [0.25, 0.3) is 0 Å². The third kappa shape index (κ3) is 7.27. The van der Waals surface area contributed by atoms with Gasteiger partial charge >= 0.3 is 0 Å². The van der Waals surface area contributed by atoms with E-state index in [9.17, 15) is 19.8 Å². The minimum atomic E-state index is -1.18. The normalized spacial score (nSPS) is 25.0. The van der Waals surface area contributed by atoms with Crippen LogP contribution in [0.2, 0.25) is 0 Å². The molecule has 0 aromatic carbocycles. The van der Waals surface area contributed by atoms with Crippen molar-refractivity contribution in [2.45, 2.75) is 51.4 Å². The molecule has 0 aliphatic carbocycles. The fourth-order valence-corrected chi connectivity index (χ4v) is 3.72. The topological polar surface area (TPSA) is 117 Å². The largest absolute Gasteiger partial charge is 0.388 e. The standard InChI is InChI=1S/C21H36N4O6/c1-15-17(12-23(3)22-15)21(29)24-8-5-6-11-31-14-18(27)20(28)19(30-4)13-25(16(2)26)10-7-9-24/h12,18-20,27-28H,5-11,13-14H2,1-4H3/t18-,19-,20-/m0/s1. The first-order valence-corrected chi connectivity index (χ1v) is 10.8. The Morgan fingerprint density at radius 1 is 1.16 bits per heavy atom. The van der Waals surface area contributed by atoms with Crippen LogP contribution in [0, 0.1) is 6.92 Å². The summed E-state index contributed by atoms with van der Waals surface area (Å²) >= 11 is 0. The van der Waals surface area contributed by atoms with Gasteiger partial charge in [0.1, 0.15) is 18.3 Å². The molecule has 0 saturated carbocycles. The van der Waals surface area contributed by atoms with Gasteiger partial charge in [0, 0.05) is 60.1 Å². The summed E-state index contributed by atoms with van der Waals surface area (Å²) in [7, 11) is 3.22. The van der Waals surface area contributed by atoms with Gasteiger partial charge in [-0.05, 0) is 26.2 Å². The number of aliphatic hydroxyl groups is 2. The summed E-state index contributed by atoms with van der Waals surface area (Å²) in [5.74, 6) is -0.240. The van der Waals surface area contributed by atoms with Crippen LogP contribution in [0.1, 0.15) is 42.2 Å². The van der Waals surface area contributed by atoms with Crippen molar-refractivity contribution in [3.05, 3.63) is 17.5 Å². The molecule has 10 nitrogen and oxygen atoms in total. The molecule has 1 aromatic rings. The lowest BCUT2D eigenvalue weighted by molar-refractivity contribution is -0.136. The van der Waals surface area contributed by atoms with Crippen LogP contribution >= 0.6 is 0 Å². The van der Waals surface area contributed by atoms with E-state index in [1.807, 2.05) is 6.92 Å². The van der Waals surface area contributed by atoms with Crippen LogP contribution in [0.4, 0.5) is 0 Å². The molecule has 0 radical (unpaired) electrons. The number of carbonyl (C=O) groups excluding carboxylic acids is 2. The number of aryl methyl sites for hydroxylation is 2. The predicted octanol–water partition coefficient (Wildman–Crippen LogP) is -0.0435. The third-order valence-corrected chi connectivity index (χ3v) is 5.57. The molecule has 1 aliphatic heterocycles. The van der Waals surface area contributed by atoms with Crippen molar-refractivity contribution in [2.75, 3.05) is 46.5 Å². The number of ether oxygens (including phenoxy) is 2. The zero-order valence-corrected chi connectivity index (χ0v) is 19.0. The van der Waals surface area contributed by atoms with Gasteiger partial charge < -0.3 is 29.5 Å². The number of carbonyl (C=O) groups is 2. The summed E-state index contributed by atoms with van der Waals surface area (Å²) in [4.78, 5) is 28.6. The lowest BCUT2D eigenvalue weighted by Crippen LogP contribution is -2.48. The van der Waals surface area contributed by atoms with Crippen molar-refractivity contribution in [3.8, 4) is 0 Å². The van der Waals surface area contributed by atoms with E-state index >= 15 is 0 Å². The molecule has 176 valence electrons. The van der Waals surface area contributed by atoms with E-state index in [2.05, 4.69) is 5.10 Å². The number of methoxy groups -OCH3 is 1. The Bertz CT molecular complexity index is 725. The van der Waals surface area contributed by atoms with E-state index < -0.39 is 18.3 Å². The van der Waals surface area contributed by atoms with Crippen LogP contribution in [0.5, 0.6) is 0 Å². The second-order valence-electron chi connectivity index (χ2n) is 8.03. The van der Waals surface area contributed by atoms with Crippen molar-refractivity contribution >= 4 is 11.8 Å². The summed E-state index contributed by atoms with van der Waals surface area (Å²) in [6, 6.07) is 0. The molecule has 2 amide bonds. The fraction of sp³-hybridized carbons (Fsp3) is 0.762. The van der Waals surface area contributed by atoms with Gasteiger partial charge in [-0.2, -0.15) is 5.10 Å². The molecule has 0 bridgehead atoms.